The second kappa shape index (κ2) is 6.38. The third-order valence-corrected chi connectivity index (χ3v) is 4.12. The zero-order chi connectivity index (χ0) is 11.3. The first kappa shape index (κ1) is 12.8. The Hall–Kier alpha value is -0.220. The van der Waals surface area contributed by atoms with Crippen LogP contribution in [0.2, 0.25) is 0 Å². The van der Waals surface area contributed by atoms with Gasteiger partial charge in [-0.1, -0.05) is 13.8 Å². The summed E-state index contributed by atoms with van der Waals surface area (Å²) in [6, 6.07) is 0.431. The number of hydrogen-bond donors (Lipinski definition) is 1. The predicted molar refractivity (Wildman–Crippen MR) is 66.3 cm³/mol. The van der Waals surface area contributed by atoms with E-state index in [9.17, 15) is 4.79 Å². The molecule has 0 bridgehead atoms. The molecular formula is C11H22N2OS. The fourth-order valence-corrected chi connectivity index (χ4v) is 2.91. The third-order valence-electron chi connectivity index (χ3n) is 3.06. The number of thioether (sulfide) groups is 1. The highest BCUT2D eigenvalue weighted by molar-refractivity contribution is 7.99. The van der Waals surface area contributed by atoms with Crippen LogP contribution in [0.4, 0.5) is 0 Å². The van der Waals surface area contributed by atoms with Crippen LogP contribution in [0.15, 0.2) is 0 Å². The van der Waals surface area contributed by atoms with Crippen molar-refractivity contribution >= 4 is 17.7 Å². The molecule has 1 aliphatic rings. The molecule has 15 heavy (non-hydrogen) atoms. The van der Waals surface area contributed by atoms with Crippen LogP contribution in [0.5, 0.6) is 0 Å². The van der Waals surface area contributed by atoms with Crippen molar-refractivity contribution in [3.05, 3.63) is 0 Å². The normalized spacial score (nSPS) is 21.7. The lowest BCUT2D eigenvalue weighted by atomic mass is 10.1. The van der Waals surface area contributed by atoms with E-state index in [1.54, 1.807) is 0 Å². The minimum atomic E-state index is 0.0364. The zero-order valence-electron chi connectivity index (χ0n) is 9.95. The Bertz CT molecular complexity index is 201. The van der Waals surface area contributed by atoms with E-state index >= 15 is 0 Å². The number of likely N-dealkylation sites (N-methyl/N-ethyl adjacent to an activating group) is 1. The highest BCUT2D eigenvalue weighted by atomic mass is 32.2. The van der Waals surface area contributed by atoms with Crippen molar-refractivity contribution in [3.8, 4) is 0 Å². The van der Waals surface area contributed by atoms with Gasteiger partial charge in [-0.3, -0.25) is 4.79 Å². The highest BCUT2D eigenvalue weighted by Crippen LogP contribution is 2.13. The topological polar surface area (TPSA) is 32.3 Å². The minimum Gasteiger partial charge on any atom is -0.341 e. The average molecular weight is 230 g/mol. The summed E-state index contributed by atoms with van der Waals surface area (Å²) in [5, 5.41) is 3.29. The fourth-order valence-electron chi connectivity index (χ4n) is 1.99. The molecule has 0 radical (unpaired) electrons. The quantitative estimate of drug-likeness (QED) is 0.791. The maximum atomic E-state index is 12.1. The molecule has 1 aliphatic heterocycles. The molecule has 0 aromatic rings. The molecule has 1 saturated heterocycles. The van der Waals surface area contributed by atoms with E-state index in [0.717, 1.165) is 30.9 Å². The average Bonchev–Trinajstić information content (AvgIpc) is 2.30. The lowest BCUT2D eigenvalue weighted by Gasteiger charge is -2.32. The Morgan fingerprint density at radius 2 is 2.20 bits per heavy atom. The Balaban J connectivity index is 2.49. The van der Waals surface area contributed by atoms with Crippen LogP contribution in [0.25, 0.3) is 0 Å². The second-order valence-electron chi connectivity index (χ2n) is 4.00. The van der Waals surface area contributed by atoms with Crippen molar-refractivity contribution in [3.63, 3.8) is 0 Å². The van der Waals surface area contributed by atoms with Gasteiger partial charge in [-0.25, -0.2) is 0 Å². The molecular weight excluding hydrogens is 208 g/mol. The van der Waals surface area contributed by atoms with E-state index in [0.29, 0.717) is 6.04 Å². The van der Waals surface area contributed by atoms with Crippen molar-refractivity contribution in [2.24, 2.45) is 0 Å². The zero-order valence-corrected chi connectivity index (χ0v) is 10.8. The summed E-state index contributed by atoms with van der Waals surface area (Å²) in [6.07, 6.45) is 2.08. The van der Waals surface area contributed by atoms with E-state index in [1.165, 1.54) is 0 Å². The molecule has 4 heteroatoms. The van der Waals surface area contributed by atoms with Gasteiger partial charge in [-0.15, -0.1) is 0 Å². The van der Waals surface area contributed by atoms with Crippen LogP contribution in [-0.4, -0.2) is 48.0 Å². The van der Waals surface area contributed by atoms with Crippen molar-refractivity contribution in [1.29, 1.82) is 0 Å². The summed E-state index contributed by atoms with van der Waals surface area (Å²) in [5.41, 5.74) is 0. The lowest BCUT2D eigenvalue weighted by molar-refractivity contribution is -0.133. The summed E-state index contributed by atoms with van der Waals surface area (Å²) >= 11 is 1.87. The lowest BCUT2D eigenvalue weighted by Crippen LogP contribution is -2.51. The maximum Gasteiger partial charge on any atom is 0.240 e. The number of nitrogens with zero attached hydrogens (tertiary/aromatic N) is 1. The van der Waals surface area contributed by atoms with Crippen LogP contribution in [-0.2, 0) is 4.79 Å². The van der Waals surface area contributed by atoms with E-state index in [-0.39, 0.29) is 11.9 Å². The van der Waals surface area contributed by atoms with E-state index in [2.05, 4.69) is 19.2 Å². The van der Waals surface area contributed by atoms with Gasteiger partial charge in [0.25, 0.3) is 0 Å². The van der Waals surface area contributed by atoms with Gasteiger partial charge in [-0.2, -0.15) is 11.8 Å². The van der Waals surface area contributed by atoms with Gasteiger partial charge in [-0.05, 0) is 12.8 Å². The standard InChI is InChI=1S/C11H22N2OS/c1-4-9(5-2)13(3)11(14)10-8-15-7-6-12-10/h9-10,12H,4-8H2,1-3H3. The molecule has 0 aromatic heterocycles. The molecule has 1 heterocycles. The number of carbonyl (C=O) groups excluding carboxylic acids is 1. The summed E-state index contributed by atoms with van der Waals surface area (Å²) in [5.74, 6) is 2.30. The number of rotatable bonds is 4. The summed E-state index contributed by atoms with van der Waals surface area (Å²) in [4.78, 5) is 14.0. The van der Waals surface area contributed by atoms with E-state index in [1.807, 2.05) is 23.7 Å². The Labute approximate surface area is 97.0 Å². The van der Waals surface area contributed by atoms with Gasteiger partial charge in [0.15, 0.2) is 0 Å². The summed E-state index contributed by atoms with van der Waals surface area (Å²) in [7, 11) is 1.93. The second-order valence-corrected chi connectivity index (χ2v) is 5.15. The molecule has 1 rings (SSSR count). The Kier molecular flexibility index (Phi) is 5.47. The summed E-state index contributed by atoms with van der Waals surface area (Å²) < 4.78 is 0. The molecule has 3 nitrogen and oxygen atoms in total. The monoisotopic (exact) mass is 230 g/mol. The number of hydrogen-bond acceptors (Lipinski definition) is 3. The van der Waals surface area contributed by atoms with Crippen molar-refractivity contribution < 1.29 is 4.79 Å². The van der Waals surface area contributed by atoms with Crippen LogP contribution >= 0.6 is 11.8 Å². The van der Waals surface area contributed by atoms with E-state index < -0.39 is 0 Å². The van der Waals surface area contributed by atoms with Gasteiger partial charge in [0.05, 0.1) is 6.04 Å². The van der Waals surface area contributed by atoms with Gasteiger partial charge in [0.1, 0.15) is 0 Å². The third kappa shape index (κ3) is 3.38. The molecule has 1 unspecified atom stereocenters. The van der Waals surface area contributed by atoms with Crippen LogP contribution in [0, 0.1) is 0 Å². The number of amides is 1. The van der Waals surface area contributed by atoms with Gasteiger partial charge in [0, 0.05) is 31.1 Å². The fraction of sp³-hybridized carbons (Fsp3) is 0.909. The Morgan fingerprint density at radius 3 is 2.67 bits per heavy atom. The van der Waals surface area contributed by atoms with E-state index in [4.69, 9.17) is 0 Å². The maximum absolute atomic E-state index is 12.1. The van der Waals surface area contributed by atoms with Gasteiger partial charge < -0.3 is 10.2 Å². The molecule has 1 amide bonds. The predicted octanol–water partition coefficient (Wildman–Crippen LogP) is 1.34. The Morgan fingerprint density at radius 1 is 1.53 bits per heavy atom. The highest BCUT2D eigenvalue weighted by Gasteiger charge is 2.26. The van der Waals surface area contributed by atoms with Crippen molar-refractivity contribution in [2.75, 3.05) is 25.1 Å². The van der Waals surface area contributed by atoms with Gasteiger partial charge >= 0.3 is 0 Å². The molecule has 0 aromatic carbocycles. The molecule has 0 aliphatic carbocycles. The molecule has 0 saturated carbocycles. The van der Waals surface area contributed by atoms with Gasteiger partial charge in [0.2, 0.25) is 5.91 Å². The first-order valence-electron chi connectivity index (χ1n) is 5.78. The van der Waals surface area contributed by atoms with Crippen molar-refractivity contribution in [1.82, 2.24) is 10.2 Å². The first-order chi connectivity index (χ1) is 7.20. The first-order valence-corrected chi connectivity index (χ1v) is 6.94. The van der Waals surface area contributed by atoms with Crippen LogP contribution < -0.4 is 5.32 Å². The minimum absolute atomic E-state index is 0.0364. The smallest absolute Gasteiger partial charge is 0.240 e. The molecule has 0 spiro atoms. The molecule has 1 atom stereocenters. The van der Waals surface area contributed by atoms with Crippen molar-refractivity contribution in [2.45, 2.75) is 38.8 Å². The largest absolute Gasteiger partial charge is 0.341 e. The SMILES string of the molecule is CCC(CC)N(C)C(=O)C1CSCCN1. The van der Waals surface area contributed by atoms with Crippen LogP contribution in [0.3, 0.4) is 0 Å². The number of nitrogens with one attached hydrogen (secondary N) is 1. The van der Waals surface area contributed by atoms with Crippen LogP contribution in [0.1, 0.15) is 26.7 Å². The molecule has 1 fully saturated rings. The molecule has 88 valence electrons. The number of carbonyl (C=O) groups is 1. The summed E-state index contributed by atoms with van der Waals surface area (Å²) in [6.45, 7) is 5.24. The molecule has 1 N–H and O–H groups in total.